The minimum atomic E-state index is -0.738. The van der Waals surface area contributed by atoms with Crippen molar-refractivity contribution in [2.24, 2.45) is 11.8 Å². The van der Waals surface area contributed by atoms with Gasteiger partial charge in [0.2, 0.25) is 5.91 Å². The second-order valence-corrected chi connectivity index (χ2v) is 5.75. The highest BCUT2D eigenvalue weighted by Gasteiger charge is 2.40. The van der Waals surface area contributed by atoms with Gasteiger partial charge in [-0.15, -0.1) is 0 Å². The number of amides is 1. The maximum absolute atomic E-state index is 12.0. The van der Waals surface area contributed by atoms with Gasteiger partial charge in [-0.2, -0.15) is 0 Å². The van der Waals surface area contributed by atoms with Crippen LogP contribution in [0.25, 0.3) is 0 Å². The summed E-state index contributed by atoms with van der Waals surface area (Å²) in [6.07, 6.45) is 0.889. The van der Waals surface area contributed by atoms with Crippen molar-refractivity contribution in [1.29, 1.82) is 0 Å². The van der Waals surface area contributed by atoms with Gasteiger partial charge < -0.3 is 10.1 Å². The Bertz CT molecular complexity index is 486. The second-order valence-electron chi connectivity index (χ2n) is 4.84. The standard InChI is InChI=1S/C14H16BrNO3/c1-8-7-11(8)13(17)16-12(14(18)19-2)9-3-5-10(15)6-4-9/h3-6,8,11-12H,7H2,1-2H3,(H,16,17)/t8-,11+,12-/m1/s1. The molecule has 0 saturated heterocycles. The monoisotopic (exact) mass is 325 g/mol. The molecular formula is C14H16BrNO3. The highest BCUT2D eigenvalue weighted by atomic mass is 79.9. The minimum Gasteiger partial charge on any atom is -0.467 e. The molecule has 3 atom stereocenters. The number of hydrogen-bond donors (Lipinski definition) is 1. The molecule has 4 nitrogen and oxygen atoms in total. The SMILES string of the molecule is COC(=O)[C@H](NC(=O)[C@H]1C[C@H]1C)c1ccc(Br)cc1. The minimum absolute atomic E-state index is 0.0302. The van der Waals surface area contributed by atoms with Crippen molar-refractivity contribution in [2.45, 2.75) is 19.4 Å². The number of benzene rings is 1. The topological polar surface area (TPSA) is 55.4 Å². The predicted octanol–water partition coefficient (Wildman–Crippen LogP) is 2.44. The van der Waals surface area contributed by atoms with Crippen LogP contribution in [0.15, 0.2) is 28.7 Å². The summed E-state index contributed by atoms with van der Waals surface area (Å²) in [7, 11) is 1.32. The molecule has 1 N–H and O–H groups in total. The zero-order chi connectivity index (χ0) is 14.0. The molecule has 0 aromatic heterocycles. The fourth-order valence-corrected chi connectivity index (χ4v) is 2.25. The molecule has 1 saturated carbocycles. The van der Waals surface area contributed by atoms with Crippen molar-refractivity contribution in [3.05, 3.63) is 34.3 Å². The molecule has 0 bridgehead atoms. The Morgan fingerprint density at radius 2 is 1.95 bits per heavy atom. The third-order valence-electron chi connectivity index (χ3n) is 3.37. The van der Waals surface area contributed by atoms with Gasteiger partial charge in [0, 0.05) is 10.4 Å². The number of carbonyl (C=O) groups is 2. The maximum atomic E-state index is 12.0. The quantitative estimate of drug-likeness (QED) is 0.865. The summed E-state index contributed by atoms with van der Waals surface area (Å²) in [6, 6.07) is 6.51. The number of methoxy groups -OCH3 is 1. The van der Waals surface area contributed by atoms with Gasteiger partial charge in [0.05, 0.1) is 7.11 Å². The molecule has 1 aromatic carbocycles. The number of rotatable bonds is 4. The molecule has 1 aromatic rings. The van der Waals surface area contributed by atoms with Gasteiger partial charge >= 0.3 is 5.97 Å². The first-order chi connectivity index (χ1) is 9.02. The van der Waals surface area contributed by atoms with Gasteiger partial charge in [-0.05, 0) is 30.0 Å². The summed E-state index contributed by atoms with van der Waals surface area (Å²) in [4.78, 5) is 23.8. The summed E-state index contributed by atoms with van der Waals surface area (Å²) in [5.74, 6) is -0.0967. The van der Waals surface area contributed by atoms with E-state index in [0.29, 0.717) is 5.92 Å². The van der Waals surface area contributed by atoms with E-state index in [1.165, 1.54) is 7.11 Å². The molecule has 1 amide bonds. The van der Waals surface area contributed by atoms with Crippen LogP contribution in [0.5, 0.6) is 0 Å². The molecule has 1 aliphatic carbocycles. The van der Waals surface area contributed by atoms with Crippen LogP contribution in [0.3, 0.4) is 0 Å². The second kappa shape index (κ2) is 5.74. The van der Waals surface area contributed by atoms with E-state index in [1.807, 2.05) is 19.1 Å². The Hall–Kier alpha value is -1.36. The summed E-state index contributed by atoms with van der Waals surface area (Å²) in [5, 5.41) is 2.77. The fourth-order valence-electron chi connectivity index (χ4n) is 1.99. The first-order valence-electron chi connectivity index (χ1n) is 6.16. The van der Waals surface area contributed by atoms with E-state index in [1.54, 1.807) is 12.1 Å². The maximum Gasteiger partial charge on any atom is 0.333 e. The average molecular weight is 326 g/mol. The Balaban J connectivity index is 2.14. The Morgan fingerprint density at radius 1 is 1.37 bits per heavy atom. The van der Waals surface area contributed by atoms with E-state index in [4.69, 9.17) is 4.74 Å². The number of esters is 1. The van der Waals surface area contributed by atoms with E-state index < -0.39 is 12.0 Å². The number of carbonyl (C=O) groups excluding carboxylic acids is 2. The largest absolute Gasteiger partial charge is 0.467 e. The van der Waals surface area contributed by atoms with E-state index in [0.717, 1.165) is 16.5 Å². The van der Waals surface area contributed by atoms with Crippen LogP contribution < -0.4 is 5.32 Å². The number of nitrogens with one attached hydrogen (secondary N) is 1. The van der Waals surface area contributed by atoms with Crippen LogP contribution >= 0.6 is 15.9 Å². The molecule has 0 heterocycles. The highest BCUT2D eigenvalue weighted by molar-refractivity contribution is 9.10. The van der Waals surface area contributed by atoms with Gasteiger partial charge in [-0.1, -0.05) is 35.0 Å². The van der Waals surface area contributed by atoms with Gasteiger partial charge in [-0.25, -0.2) is 4.79 Å². The van der Waals surface area contributed by atoms with Gasteiger partial charge in [0.15, 0.2) is 6.04 Å². The number of hydrogen-bond acceptors (Lipinski definition) is 3. The predicted molar refractivity (Wildman–Crippen MR) is 74.3 cm³/mol. The van der Waals surface area contributed by atoms with E-state index >= 15 is 0 Å². The Morgan fingerprint density at radius 3 is 2.42 bits per heavy atom. The van der Waals surface area contributed by atoms with Crippen LogP contribution in [0.2, 0.25) is 0 Å². The van der Waals surface area contributed by atoms with Gasteiger partial charge in [-0.3, -0.25) is 4.79 Å². The van der Waals surface area contributed by atoms with Crippen molar-refractivity contribution < 1.29 is 14.3 Å². The van der Waals surface area contributed by atoms with Crippen molar-refractivity contribution in [2.75, 3.05) is 7.11 Å². The molecule has 19 heavy (non-hydrogen) atoms. The van der Waals surface area contributed by atoms with Crippen molar-refractivity contribution in [3.8, 4) is 0 Å². The smallest absolute Gasteiger partial charge is 0.333 e. The van der Waals surface area contributed by atoms with E-state index in [9.17, 15) is 9.59 Å². The lowest BCUT2D eigenvalue weighted by molar-refractivity contribution is -0.145. The summed E-state index contributed by atoms with van der Waals surface area (Å²) < 4.78 is 5.68. The third-order valence-corrected chi connectivity index (χ3v) is 3.90. The van der Waals surface area contributed by atoms with Gasteiger partial charge in [0.1, 0.15) is 0 Å². The van der Waals surface area contributed by atoms with Crippen LogP contribution in [0.4, 0.5) is 0 Å². The fraction of sp³-hybridized carbons (Fsp3) is 0.429. The van der Waals surface area contributed by atoms with Crippen LogP contribution in [-0.2, 0) is 14.3 Å². The lowest BCUT2D eigenvalue weighted by atomic mass is 10.1. The number of ether oxygens (including phenoxy) is 1. The molecule has 2 rings (SSSR count). The van der Waals surface area contributed by atoms with Crippen molar-refractivity contribution >= 4 is 27.8 Å². The highest BCUT2D eigenvalue weighted by Crippen LogP contribution is 2.38. The third kappa shape index (κ3) is 3.35. The lowest BCUT2D eigenvalue weighted by Crippen LogP contribution is -2.35. The number of halogens is 1. The molecule has 0 spiro atoms. The molecule has 0 aliphatic heterocycles. The average Bonchev–Trinajstić information content (AvgIpc) is 3.13. The Kier molecular flexibility index (Phi) is 4.24. The Labute approximate surface area is 120 Å². The summed E-state index contributed by atoms with van der Waals surface area (Å²) >= 11 is 3.34. The normalized spacial score (nSPS) is 22.5. The molecule has 1 aliphatic rings. The van der Waals surface area contributed by atoms with Crippen LogP contribution in [-0.4, -0.2) is 19.0 Å². The molecule has 0 unspecified atom stereocenters. The molecule has 1 fully saturated rings. The summed E-state index contributed by atoms with van der Waals surface area (Å²) in [5.41, 5.74) is 0.719. The lowest BCUT2D eigenvalue weighted by Gasteiger charge is -2.17. The zero-order valence-electron chi connectivity index (χ0n) is 10.9. The van der Waals surface area contributed by atoms with Crippen molar-refractivity contribution in [3.63, 3.8) is 0 Å². The molecular weight excluding hydrogens is 310 g/mol. The molecule has 102 valence electrons. The first kappa shape index (κ1) is 14.1. The van der Waals surface area contributed by atoms with Crippen molar-refractivity contribution in [1.82, 2.24) is 5.32 Å². The van der Waals surface area contributed by atoms with E-state index in [2.05, 4.69) is 21.2 Å². The van der Waals surface area contributed by atoms with Gasteiger partial charge in [0.25, 0.3) is 0 Å². The van der Waals surface area contributed by atoms with E-state index in [-0.39, 0.29) is 11.8 Å². The molecule has 0 radical (unpaired) electrons. The van der Waals surface area contributed by atoms with Crippen LogP contribution in [0, 0.1) is 11.8 Å². The first-order valence-corrected chi connectivity index (χ1v) is 6.96. The zero-order valence-corrected chi connectivity index (χ0v) is 12.4. The molecule has 5 heteroatoms. The summed E-state index contributed by atoms with van der Waals surface area (Å²) in [6.45, 7) is 2.02. The van der Waals surface area contributed by atoms with Crippen LogP contribution in [0.1, 0.15) is 24.9 Å².